The van der Waals surface area contributed by atoms with Crippen LogP contribution < -0.4 is 5.73 Å². The summed E-state index contributed by atoms with van der Waals surface area (Å²) in [5, 5.41) is 7.95. The van der Waals surface area contributed by atoms with Gasteiger partial charge in [-0.2, -0.15) is 13.2 Å². The van der Waals surface area contributed by atoms with Gasteiger partial charge in [-0.1, -0.05) is 23.7 Å². The Balaban J connectivity index is 0.000000448. The predicted molar refractivity (Wildman–Crippen MR) is 141 cm³/mol. The minimum atomic E-state index is -5.08. The van der Waals surface area contributed by atoms with Gasteiger partial charge in [0.05, 0.1) is 27.0 Å². The van der Waals surface area contributed by atoms with Crippen LogP contribution in [0.25, 0.3) is 21.5 Å². The third-order valence-corrected chi connectivity index (χ3v) is 7.06. The number of carboxylic acids is 1. The number of nitrogens with zero attached hydrogens (tertiary/aromatic N) is 5. The van der Waals surface area contributed by atoms with Gasteiger partial charge in [0.1, 0.15) is 12.1 Å². The van der Waals surface area contributed by atoms with Crippen LogP contribution in [-0.2, 0) is 22.7 Å². The van der Waals surface area contributed by atoms with Crippen molar-refractivity contribution < 1.29 is 27.9 Å². The molecule has 0 saturated carbocycles. The van der Waals surface area contributed by atoms with Crippen LogP contribution in [0.3, 0.4) is 0 Å². The molecule has 0 bridgehead atoms. The molecule has 1 amide bonds. The highest BCUT2D eigenvalue weighted by molar-refractivity contribution is 7.19. The van der Waals surface area contributed by atoms with Gasteiger partial charge in [-0.05, 0) is 41.5 Å². The number of carboxylic acid groups (broad SMARTS) is 1. The average molecular weight is 579 g/mol. The van der Waals surface area contributed by atoms with Crippen LogP contribution in [0.5, 0.6) is 0 Å². The van der Waals surface area contributed by atoms with E-state index in [-0.39, 0.29) is 5.91 Å². The number of hydrogen-bond donors (Lipinski definition) is 2. The second-order valence-corrected chi connectivity index (χ2v) is 10.3. The molecule has 0 radical (unpaired) electrons. The first-order valence-corrected chi connectivity index (χ1v) is 12.7. The monoisotopic (exact) mass is 578 g/mol. The van der Waals surface area contributed by atoms with E-state index in [1.807, 2.05) is 47.5 Å². The molecule has 1 aromatic carbocycles. The van der Waals surface area contributed by atoms with Crippen molar-refractivity contribution in [2.75, 3.05) is 25.4 Å². The van der Waals surface area contributed by atoms with Crippen LogP contribution in [0.1, 0.15) is 11.1 Å². The lowest BCUT2D eigenvalue weighted by Gasteiger charge is -2.34. The highest BCUT2D eigenvalue weighted by atomic mass is 35.5. The zero-order chi connectivity index (χ0) is 28.2. The number of carbonyl (C=O) groups excluding carboxylic acids is 1. The summed E-state index contributed by atoms with van der Waals surface area (Å²) in [5.41, 5.74) is 9.72. The zero-order valence-corrected chi connectivity index (χ0v) is 21.8. The van der Waals surface area contributed by atoms with Gasteiger partial charge >= 0.3 is 12.1 Å². The van der Waals surface area contributed by atoms with E-state index in [1.54, 1.807) is 0 Å². The number of halogens is 4. The van der Waals surface area contributed by atoms with E-state index in [4.69, 9.17) is 27.2 Å². The number of thiophene rings is 1. The zero-order valence-electron chi connectivity index (χ0n) is 20.2. The van der Waals surface area contributed by atoms with Crippen LogP contribution in [0.15, 0.2) is 55.0 Å². The molecule has 0 aliphatic carbocycles. The minimum Gasteiger partial charge on any atom is -0.475 e. The maximum Gasteiger partial charge on any atom is 0.490 e. The first-order chi connectivity index (χ1) is 18.5. The fraction of sp³-hybridized carbons (Fsp3) is 0.240. The minimum absolute atomic E-state index is 0.122. The van der Waals surface area contributed by atoms with Gasteiger partial charge < -0.3 is 15.7 Å². The summed E-state index contributed by atoms with van der Waals surface area (Å²) in [5.74, 6) is -2.17. The SMILES string of the molecule is Nc1ncnc2cc(CN3CCN(Cc4ccc(-c5ccc(Cl)s5)nc4)CC3=O)ccc12.O=C(O)C(F)(F)F. The molecule has 4 heterocycles. The van der Waals surface area contributed by atoms with E-state index in [9.17, 15) is 18.0 Å². The van der Waals surface area contributed by atoms with Crippen molar-refractivity contribution in [2.24, 2.45) is 0 Å². The lowest BCUT2D eigenvalue weighted by molar-refractivity contribution is -0.192. The Bertz CT molecular complexity index is 1480. The number of hydrogen-bond acceptors (Lipinski definition) is 8. The van der Waals surface area contributed by atoms with Crippen molar-refractivity contribution >= 4 is 51.5 Å². The number of fused-ring (bicyclic) bond motifs is 1. The number of alkyl halides is 3. The second kappa shape index (κ2) is 11.9. The number of nitrogens with two attached hydrogens (primary N) is 1. The molecule has 14 heteroatoms. The van der Waals surface area contributed by atoms with Crippen LogP contribution in [0, 0.1) is 0 Å². The molecule has 0 atom stereocenters. The molecule has 3 aromatic heterocycles. The van der Waals surface area contributed by atoms with E-state index >= 15 is 0 Å². The molecule has 5 rings (SSSR count). The number of aliphatic carboxylic acids is 1. The lowest BCUT2D eigenvalue weighted by atomic mass is 10.1. The van der Waals surface area contributed by atoms with Crippen LogP contribution >= 0.6 is 22.9 Å². The fourth-order valence-corrected chi connectivity index (χ4v) is 4.90. The van der Waals surface area contributed by atoms with Gasteiger partial charge in [0.25, 0.3) is 0 Å². The normalized spacial score (nSPS) is 14.3. The molecular formula is C25H22ClF3N6O3S. The average Bonchev–Trinajstić information content (AvgIpc) is 3.32. The maximum absolute atomic E-state index is 12.8. The van der Waals surface area contributed by atoms with Gasteiger partial charge in [0.15, 0.2) is 0 Å². The second-order valence-electron chi connectivity index (χ2n) is 8.59. The summed E-state index contributed by atoms with van der Waals surface area (Å²) in [6.45, 7) is 3.15. The Morgan fingerprint density at radius 1 is 1.05 bits per heavy atom. The Hall–Kier alpha value is -3.81. The van der Waals surface area contributed by atoms with E-state index < -0.39 is 12.1 Å². The first kappa shape index (κ1) is 28.2. The molecule has 0 spiro atoms. The molecule has 4 aromatic rings. The molecule has 1 aliphatic rings. The first-order valence-electron chi connectivity index (χ1n) is 11.5. The number of benzene rings is 1. The number of nitrogen functional groups attached to an aromatic ring is 1. The number of amides is 1. The summed E-state index contributed by atoms with van der Waals surface area (Å²) >= 11 is 7.53. The Morgan fingerprint density at radius 2 is 1.79 bits per heavy atom. The van der Waals surface area contributed by atoms with Crippen molar-refractivity contribution in [1.29, 1.82) is 0 Å². The Kier molecular flexibility index (Phi) is 8.63. The number of pyridine rings is 1. The summed E-state index contributed by atoms with van der Waals surface area (Å²) < 4.78 is 32.5. The van der Waals surface area contributed by atoms with Crippen molar-refractivity contribution in [3.05, 3.63) is 70.5 Å². The van der Waals surface area contributed by atoms with Gasteiger partial charge in [-0.15, -0.1) is 11.3 Å². The predicted octanol–water partition coefficient (Wildman–Crippen LogP) is 4.47. The molecule has 0 unspecified atom stereocenters. The quantitative estimate of drug-likeness (QED) is 0.355. The number of anilines is 1. The van der Waals surface area contributed by atoms with E-state index in [2.05, 4.69) is 25.9 Å². The highest BCUT2D eigenvalue weighted by Crippen LogP contribution is 2.29. The smallest absolute Gasteiger partial charge is 0.475 e. The molecule has 1 fully saturated rings. The fourth-order valence-electron chi connectivity index (χ4n) is 3.88. The standard InChI is InChI=1S/C23H21ClN6OS.C2HF3O2/c24-21-6-5-20(32-21)18-4-2-16(10-26-18)11-29-7-8-30(22(31)13-29)12-15-1-3-17-19(9-15)27-14-28-23(17)25;3-2(4,5)1(6)7/h1-6,9-10,14H,7-8,11-13H2,(H2,25,27,28);(H,6,7). The van der Waals surface area contributed by atoms with Crippen molar-refractivity contribution in [3.63, 3.8) is 0 Å². The van der Waals surface area contributed by atoms with Gasteiger partial charge in [0, 0.05) is 37.8 Å². The van der Waals surface area contributed by atoms with Gasteiger partial charge in [-0.25, -0.2) is 14.8 Å². The molecule has 204 valence electrons. The van der Waals surface area contributed by atoms with E-state index in [0.29, 0.717) is 32.0 Å². The highest BCUT2D eigenvalue weighted by Gasteiger charge is 2.38. The topological polar surface area (TPSA) is 126 Å². The van der Waals surface area contributed by atoms with Crippen molar-refractivity contribution in [1.82, 2.24) is 24.8 Å². The summed E-state index contributed by atoms with van der Waals surface area (Å²) in [6, 6.07) is 13.8. The third kappa shape index (κ3) is 7.40. The van der Waals surface area contributed by atoms with Crippen LogP contribution in [-0.4, -0.2) is 67.5 Å². The number of aromatic nitrogens is 3. The number of rotatable bonds is 5. The number of piperazine rings is 1. The molecular weight excluding hydrogens is 557 g/mol. The third-order valence-electron chi connectivity index (χ3n) is 5.80. The largest absolute Gasteiger partial charge is 0.490 e. The molecule has 3 N–H and O–H groups in total. The summed E-state index contributed by atoms with van der Waals surface area (Å²) in [6.07, 6.45) is -1.75. The van der Waals surface area contributed by atoms with E-state index in [1.165, 1.54) is 17.7 Å². The van der Waals surface area contributed by atoms with Crippen molar-refractivity contribution in [3.8, 4) is 10.6 Å². The van der Waals surface area contributed by atoms with Gasteiger partial charge in [-0.3, -0.25) is 14.7 Å². The Labute approximate surface area is 229 Å². The molecule has 9 nitrogen and oxygen atoms in total. The molecule has 1 aliphatic heterocycles. The maximum atomic E-state index is 12.8. The summed E-state index contributed by atoms with van der Waals surface area (Å²) in [7, 11) is 0. The van der Waals surface area contributed by atoms with E-state index in [0.717, 1.165) is 43.5 Å². The van der Waals surface area contributed by atoms with Crippen molar-refractivity contribution in [2.45, 2.75) is 19.3 Å². The Morgan fingerprint density at radius 3 is 2.41 bits per heavy atom. The van der Waals surface area contributed by atoms with Crippen LogP contribution in [0.2, 0.25) is 4.34 Å². The lowest BCUT2D eigenvalue weighted by Crippen LogP contribution is -2.49. The summed E-state index contributed by atoms with van der Waals surface area (Å²) in [4.78, 5) is 39.6. The molecule has 1 saturated heterocycles. The molecule has 39 heavy (non-hydrogen) atoms. The van der Waals surface area contributed by atoms with Crippen LogP contribution in [0.4, 0.5) is 19.0 Å². The number of carbonyl (C=O) groups is 2. The van der Waals surface area contributed by atoms with Gasteiger partial charge in [0.2, 0.25) is 5.91 Å².